The summed E-state index contributed by atoms with van der Waals surface area (Å²) in [7, 11) is 0. The van der Waals surface area contributed by atoms with Crippen LogP contribution in [-0.2, 0) is 0 Å². The lowest BCUT2D eigenvalue weighted by Gasteiger charge is -1.97. The van der Waals surface area contributed by atoms with Gasteiger partial charge in [-0.3, -0.25) is 4.99 Å². The minimum absolute atomic E-state index is 0.162. The Kier molecular flexibility index (Phi) is 1.60. The molecule has 0 spiro atoms. The third-order valence-corrected chi connectivity index (χ3v) is 1.32. The summed E-state index contributed by atoms with van der Waals surface area (Å²) >= 11 is 0. The van der Waals surface area contributed by atoms with Crippen LogP contribution < -0.4 is 0 Å². The molecule has 1 aliphatic rings. The smallest absolute Gasteiger partial charge is 0.262 e. The highest BCUT2D eigenvalue weighted by Gasteiger charge is 2.15. The Morgan fingerprint density at radius 3 is 2.56 bits per heavy atom. The van der Waals surface area contributed by atoms with Gasteiger partial charge in [-0.2, -0.15) is 0 Å². The van der Waals surface area contributed by atoms with Gasteiger partial charge in [-0.1, -0.05) is 0 Å². The maximum absolute atomic E-state index is 11.9. The molecule has 0 amide bonds. The van der Waals surface area contributed by atoms with Gasteiger partial charge >= 0.3 is 0 Å². The first kappa shape index (κ1) is 6.39. The molecule has 1 rings (SSSR count). The van der Waals surface area contributed by atoms with Crippen LogP contribution >= 0.6 is 0 Å². The average molecular weight is 131 g/mol. The molecule has 0 unspecified atom stereocenters. The van der Waals surface area contributed by atoms with Crippen molar-refractivity contribution in [1.29, 1.82) is 0 Å². The van der Waals surface area contributed by atoms with Gasteiger partial charge in [0, 0.05) is 11.8 Å². The van der Waals surface area contributed by atoms with Gasteiger partial charge in [0.1, 0.15) is 0 Å². The number of alkyl halides is 2. The summed E-state index contributed by atoms with van der Waals surface area (Å²) in [6.45, 7) is 1.83. The first-order chi connectivity index (χ1) is 4.22. The number of nitrogens with zero attached hydrogens (tertiary/aromatic N) is 1. The van der Waals surface area contributed by atoms with Gasteiger partial charge in [0.05, 0.1) is 6.54 Å². The Balaban J connectivity index is 2.73. The van der Waals surface area contributed by atoms with Gasteiger partial charge in [-0.25, -0.2) is 8.78 Å². The highest BCUT2D eigenvalue weighted by molar-refractivity contribution is 5.81. The average Bonchev–Trinajstić information content (AvgIpc) is 2.13. The van der Waals surface area contributed by atoms with Crippen molar-refractivity contribution in [1.82, 2.24) is 0 Å². The SMILES string of the molecule is CC1=C(C(F)F)CN=C1. The van der Waals surface area contributed by atoms with Crippen molar-refractivity contribution < 1.29 is 8.78 Å². The highest BCUT2D eigenvalue weighted by atomic mass is 19.3. The first-order valence-corrected chi connectivity index (χ1v) is 2.69. The highest BCUT2D eigenvalue weighted by Crippen LogP contribution is 2.16. The molecular weight excluding hydrogens is 124 g/mol. The van der Waals surface area contributed by atoms with E-state index >= 15 is 0 Å². The molecule has 1 heterocycles. The fraction of sp³-hybridized carbons (Fsp3) is 0.500. The molecule has 0 aromatic rings. The molecule has 3 heteroatoms. The number of aliphatic imine (C=N–C) groups is 1. The fourth-order valence-electron chi connectivity index (χ4n) is 0.730. The van der Waals surface area contributed by atoms with E-state index in [1.54, 1.807) is 6.92 Å². The molecule has 0 radical (unpaired) electrons. The van der Waals surface area contributed by atoms with E-state index in [-0.39, 0.29) is 12.1 Å². The zero-order chi connectivity index (χ0) is 6.85. The summed E-state index contributed by atoms with van der Waals surface area (Å²) in [6, 6.07) is 0. The van der Waals surface area contributed by atoms with Crippen molar-refractivity contribution in [3.8, 4) is 0 Å². The van der Waals surface area contributed by atoms with Crippen LogP contribution in [0, 0.1) is 0 Å². The van der Waals surface area contributed by atoms with Crippen LogP contribution in [0.4, 0.5) is 8.78 Å². The quantitative estimate of drug-likeness (QED) is 0.513. The maximum Gasteiger partial charge on any atom is 0.262 e. The molecule has 0 aromatic heterocycles. The van der Waals surface area contributed by atoms with Crippen molar-refractivity contribution >= 4 is 6.21 Å². The van der Waals surface area contributed by atoms with Crippen LogP contribution in [0.1, 0.15) is 6.92 Å². The summed E-state index contributed by atoms with van der Waals surface area (Å²) in [5, 5.41) is 0. The van der Waals surface area contributed by atoms with Crippen LogP contribution in [0.25, 0.3) is 0 Å². The lowest BCUT2D eigenvalue weighted by molar-refractivity contribution is 0.188. The van der Waals surface area contributed by atoms with Crippen LogP contribution in [-0.4, -0.2) is 19.2 Å². The minimum atomic E-state index is -2.33. The Morgan fingerprint density at radius 1 is 1.67 bits per heavy atom. The van der Waals surface area contributed by atoms with E-state index in [1.807, 2.05) is 0 Å². The van der Waals surface area contributed by atoms with Crippen molar-refractivity contribution in [2.45, 2.75) is 13.3 Å². The Morgan fingerprint density at radius 2 is 2.33 bits per heavy atom. The van der Waals surface area contributed by atoms with Crippen LogP contribution in [0.3, 0.4) is 0 Å². The van der Waals surface area contributed by atoms with Crippen LogP contribution in [0.5, 0.6) is 0 Å². The molecule has 1 aliphatic heterocycles. The van der Waals surface area contributed by atoms with Gasteiger partial charge in [-0.15, -0.1) is 0 Å². The third kappa shape index (κ3) is 1.15. The van der Waals surface area contributed by atoms with E-state index in [2.05, 4.69) is 4.99 Å². The standard InChI is InChI=1S/C6H7F2N/c1-4-2-9-3-5(4)6(7)8/h2,6H,3H2,1H3. The number of halogens is 2. The topological polar surface area (TPSA) is 12.4 Å². The van der Waals surface area contributed by atoms with Crippen molar-refractivity contribution in [3.63, 3.8) is 0 Å². The van der Waals surface area contributed by atoms with E-state index in [0.717, 1.165) is 0 Å². The molecule has 0 aromatic carbocycles. The van der Waals surface area contributed by atoms with Gasteiger partial charge < -0.3 is 0 Å². The zero-order valence-electron chi connectivity index (χ0n) is 5.06. The number of allylic oxidation sites excluding steroid dienone is 1. The van der Waals surface area contributed by atoms with Gasteiger partial charge in [-0.05, 0) is 12.5 Å². The lowest BCUT2D eigenvalue weighted by atomic mass is 10.2. The lowest BCUT2D eigenvalue weighted by Crippen LogP contribution is -1.99. The van der Waals surface area contributed by atoms with Crippen molar-refractivity contribution in [2.24, 2.45) is 4.99 Å². The molecule has 0 saturated heterocycles. The molecule has 50 valence electrons. The summed E-state index contributed by atoms with van der Waals surface area (Å²) in [5.41, 5.74) is 0.778. The number of hydrogen-bond donors (Lipinski definition) is 0. The number of rotatable bonds is 1. The minimum Gasteiger partial charge on any atom is -0.288 e. The molecule has 0 fully saturated rings. The van der Waals surface area contributed by atoms with E-state index in [4.69, 9.17) is 0 Å². The first-order valence-electron chi connectivity index (χ1n) is 2.69. The largest absolute Gasteiger partial charge is 0.288 e. The fourth-order valence-corrected chi connectivity index (χ4v) is 0.730. The van der Waals surface area contributed by atoms with Crippen LogP contribution in [0.15, 0.2) is 16.1 Å². The van der Waals surface area contributed by atoms with Crippen LogP contribution in [0.2, 0.25) is 0 Å². The normalized spacial score (nSPS) is 18.2. The summed E-state index contributed by atoms with van der Waals surface area (Å²) in [4.78, 5) is 3.69. The monoisotopic (exact) mass is 131 g/mol. The predicted molar refractivity (Wildman–Crippen MR) is 32.1 cm³/mol. The molecule has 0 atom stereocenters. The van der Waals surface area contributed by atoms with Crippen molar-refractivity contribution in [3.05, 3.63) is 11.1 Å². The van der Waals surface area contributed by atoms with E-state index in [9.17, 15) is 8.78 Å². The molecule has 0 bridgehead atoms. The molecule has 9 heavy (non-hydrogen) atoms. The second-order valence-corrected chi connectivity index (χ2v) is 1.98. The predicted octanol–water partition coefficient (Wildman–Crippen LogP) is 1.65. The molecule has 0 aliphatic carbocycles. The summed E-state index contributed by atoms with van der Waals surface area (Å²) in [6.07, 6.45) is -0.839. The maximum atomic E-state index is 11.9. The third-order valence-electron chi connectivity index (χ3n) is 1.32. The summed E-state index contributed by atoms with van der Waals surface area (Å²) in [5.74, 6) is 0. The van der Waals surface area contributed by atoms with E-state index in [1.165, 1.54) is 6.21 Å². The number of hydrogen-bond acceptors (Lipinski definition) is 1. The molecular formula is C6H7F2N. The molecule has 0 N–H and O–H groups in total. The molecule has 0 saturated carbocycles. The van der Waals surface area contributed by atoms with E-state index < -0.39 is 6.43 Å². The second-order valence-electron chi connectivity index (χ2n) is 1.98. The zero-order valence-corrected chi connectivity index (χ0v) is 5.06. The summed E-state index contributed by atoms with van der Waals surface area (Å²) < 4.78 is 23.7. The van der Waals surface area contributed by atoms with Gasteiger partial charge in [0.15, 0.2) is 0 Å². The Labute approximate surface area is 52.1 Å². The van der Waals surface area contributed by atoms with Gasteiger partial charge in [0.25, 0.3) is 6.43 Å². The van der Waals surface area contributed by atoms with Gasteiger partial charge in [0.2, 0.25) is 0 Å². The Bertz CT molecular complexity index is 170. The van der Waals surface area contributed by atoms with E-state index in [0.29, 0.717) is 5.57 Å². The van der Waals surface area contributed by atoms with Crippen molar-refractivity contribution in [2.75, 3.05) is 6.54 Å². The second kappa shape index (κ2) is 2.25. The Hall–Kier alpha value is -0.730. The molecule has 1 nitrogen and oxygen atoms in total.